The van der Waals surface area contributed by atoms with Crippen LogP contribution in [0.15, 0.2) is 4.99 Å². The van der Waals surface area contributed by atoms with Crippen molar-refractivity contribution in [3.05, 3.63) is 0 Å². The number of nitrogen functional groups attached to an aromatic ring is 1. The maximum absolute atomic E-state index is 5.36. The van der Waals surface area contributed by atoms with Crippen LogP contribution in [0.3, 0.4) is 0 Å². The second-order valence-corrected chi connectivity index (χ2v) is 1.68. The summed E-state index contributed by atoms with van der Waals surface area (Å²) in [5.74, 6) is 0.634. The lowest BCUT2D eigenvalue weighted by Gasteiger charge is -1.80. The molecule has 0 atom stereocenters. The first-order valence-electron chi connectivity index (χ1n) is 2.65. The molecule has 1 heterocycles. The van der Waals surface area contributed by atoms with Gasteiger partial charge in [0.1, 0.15) is 0 Å². The summed E-state index contributed by atoms with van der Waals surface area (Å²) in [5.41, 5.74) is 10.4. The van der Waals surface area contributed by atoms with Crippen molar-refractivity contribution in [2.45, 2.75) is 0 Å². The van der Waals surface area contributed by atoms with Crippen molar-refractivity contribution < 1.29 is 0 Å². The van der Waals surface area contributed by atoms with Crippen molar-refractivity contribution in [2.75, 3.05) is 5.73 Å². The van der Waals surface area contributed by atoms with Crippen molar-refractivity contribution in [1.29, 1.82) is 0 Å². The van der Waals surface area contributed by atoms with E-state index in [1.165, 1.54) is 4.80 Å². The molecule has 6 heteroatoms. The van der Waals surface area contributed by atoms with Gasteiger partial charge in [-0.2, -0.15) is 4.80 Å². The van der Waals surface area contributed by atoms with E-state index in [-0.39, 0.29) is 5.82 Å². The summed E-state index contributed by atoms with van der Waals surface area (Å²) in [4.78, 5) is 4.99. The lowest BCUT2D eigenvalue weighted by atomic mass is 10.7. The number of aryl methyl sites for hydroxylation is 1. The van der Waals surface area contributed by atoms with Crippen LogP contribution in [-0.2, 0) is 7.05 Å². The van der Waals surface area contributed by atoms with Gasteiger partial charge in [0.15, 0.2) is 5.82 Å². The first kappa shape index (κ1) is 6.53. The third-order valence-corrected chi connectivity index (χ3v) is 0.918. The van der Waals surface area contributed by atoms with Crippen LogP contribution in [-0.4, -0.2) is 21.3 Å². The minimum absolute atomic E-state index is 0.282. The van der Waals surface area contributed by atoms with Crippen LogP contribution < -0.4 is 11.5 Å². The monoisotopic (exact) mass is 140 g/mol. The zero-order valence-corrected chi connectivity index (χ0v) is 5.52. The summed E-state index contributed by atoms with van der Waals surface area (Å²) in [6, 6.07) is 0. The van der Waals surface area contributed by atoms with E-state index in [1.54, 1.807) is 7.05 Å². The first-order chi connectivity index (χ1) is 4.74. The van der Waals surface area contributed by atoms with E-state index in [0.29, 0.717) is 5.82 Å². The van der Waals surface area contributed by atoms with E-state index in [1.807, 2.05) is 0 Å². The highest BCUT2D eigenvalue weighted by Gasteiger charge is 2.00. The van der Waals surface area contributed by atoms with Crippen LogP contribution in [0.25, 0.3) is 0 Å². The van der Waals surface area contributed by atoms with Crippen molar-refractivity contribution in [3.8, 4) is 0 Å². The van der Waals surface area contributed by atoms with Gasteiger partial charge in [0.2, 0.25) is 5.82 Å². The third kappa shape index (κ3) is 1.04. The molecule has 1 aromatic rings. The van der Waals surface area contributed by atoms with E-state index < -0.39 is 0 Å². The molecule has 0 radical (unpaired) electrons. The molecule has 0 fully saturated rings. The number of hydrogen-bond acceptors (Lipinski definition) is 4. The molecule has 0 saturated carbocycles. The van der Waals surface area contributed by atoms with Crippen molar-refractivity contribution in [3.63, 3.8) is 0 Å². The summed E-state index contributed by atoms with van der Waals surface area (Å²) in [6.07, 6.45) is 1.13. The number of aliphatic imine (C=N–C) groups is 1. The third-order valence-electron chi connectivity index (χ3n) is 0.918. The number of hydrogen-bond donors (Lipinski definition) is 2. The molecule has 6 nitrogen and oxygen atoms in total. The Morgan fingerprint density at radius 3 is 2.70 bits per heavy atom. The minimum Gasteiger partial charge on any atom is -0.390 e. The average molecular weight is 140 g/mol. The fourth-order valence-electron chi connectivity index (χ4n) is 0.574. The molecule has 1 rings (SSSR count). The molecular weight excluding hydrogens is 132 g/mol. The molecule has 0 aromatic carbocycles. The standard InChI is InChI=1S/C4H8N6/c1-10-8-3(6)4(9-10)7-2-5/h2H,1H3,(H2,6,8)(H2,5,7,9). The van der Waals surface area contributed by atoms with Crippen LogP contribution in [0, 0.1) is 0 Å². The summed E-state index contributed by atoms with van der Waals surface area (Å²) < 4.78 is 0. The van der Waals surface area contributed by atoms with Gasteiger partial charge in [0.05, 0.1) is 6.34 Å². The van der Waals surface area contributed by atoms with E-state index in [2.05, 4.69) is 15.2 Å². The average Bonchev–Trinajstić information content (AvgIpc) is 2.13. The number of rotatable bonds is 1. The molecule has 0 aliphatic carbocycles. The van der Waals surface area contributed by atoms with Gasteiger partial charge in [-0.3, -0.25) is 0 Å². The second kappa shape index (κ2) is 2.34. The Morgan fingerprint density at radius 2 is 2.30 bits per heavy atom. The second-order valence-electron chi connectivity index (χ2n) is 1.68. The normalized spacial score (nSPS) is 10.9. The Hall–Kier alpha value is -1.59. The molecule has 0 aliphatic rings. The van der Waals surface area contributed by atoms with Gasteiger partial charge in [0, 0.05) is 7.05 Å². The van der Waals surface area contributed by atoms with Crippen molar-refractivity contribution in [2.24, 2.45) is 17.8 Å². The van der Waals surface area contributed by atoms with Gasteiger partial charge >= 0.3 is 0 Å². The molecular formula is C4H8N6. The van der Waals surface area contributed by atoms with Gasteiger partial charge in [-0.05, 0) is 0 Å². The molecule has 0 aliphatic heterocycles. The van der Waals surface area contributed by atoms with Crippen molar-refractivity contribution in [1.82, 2.24) is 15.0 Å². The molecule has 54 valence electrons. The molecule has 0 bridgehead atoms. The Kier molecular flexibility index (Phi) is 1.53. The quantitative estimate of drug-likeness (QED) is 0.387. The molecule has 0 amide bonds. The predicted molar refractivity (Wildman–Crippen MR) is 37.8 cm³/mol. The topological polar surface area (TPSA) is 95.1 Å². The van der Waals surface area contributed by atoms with E-state index >= 15 is 0 Å². The van der Waals surface area contributed by atoms with Gasteiger partial charge in [-0.1, -0.05) is 0 Å². The maximum Gasteiger partial charge on any atom is 0.219 e. The fourth-order valence-corrected chi connectivity index (χ4v) is 0.574. The SMILES string of the molecule is Cn1nc(N)c(N=CN)n1. The van der Waals surface area contributed by atoms with Crippen LogP contribution in [0.5, 0.6) is 0 Å². The lowest BCUT2D eigenvalue weighted by Crippen LogP contribution is -1.92. The largest absolute Gasteiger partial charge is 0.390 e. The highest BCUT2D eigenvalue weighted by molar-refractivity contribution is 5.62. The summed E-state index contributed by atoms with van der Waals surface area (Å²) >= 11 is 0. The number of nitrogens with two attached hydrogens (primary N) is 2. The molecule has 0 spiro atoms. The highest BCUT2D eigenvalue weighted by Crippen LogP contribution is 2.12. The number of anilines is 1. The van der Waals surface area contributed by atoms with Gasteiger partial charge in [-0.25, -0.2) is 4.99 Å². The van der Waals surface area contributed by atoms with Crippen molar-refractivity contribution >= 4 is 18.0 Å². The summed E-state index contributed by atoms with van der Waals surface area (Å²) in [5, 5.41) is 7.55. The van der Waals surface area contributed by atoms with Gasteiger partial charge < -0.3 is 11.5 Å². The van der Waals surface area contributed by atoms with Crippen LogP contribution >= 0.6 is 0 Å². The lowest BCUT2D eigenvalue weighted by molar-refractivity contribution is 0.657. The Bertz CT molecular complexity index is 248. The molecule has 0 unspecified atom stereocenters. The maximum atomic E-state index is 5.36. The number of aromatic nitrogens is 3. The van der Waals surface area contributed by atoms with Gasteiger partial charge in [0.25, 0.3) is 0 Å². The highest BCUT2D eigenvalue weighted by atomic mass is 15.5. The summed E-state index contributed by atoms with van der Waals surface area (Å²) in [6.45, 7) is 0. The fraction of sp³-hybridized carbons (Fsp3) is 0.250. The smallest absolute Gasteiger partial charge is 0.219 e. The predicted octanol–water partition coefficient (Wildman–Crippen LogP) is -0.984. The van der Waals surface area contributed by atoms with Crippen LogP contribution in [0.1, 0.15) is 0 Å². The minimum atomic E-state index is 0.282. The van der Waals surface area contributed by atoms with E-state index in [0.717, 1.165) is 6.34 Å². The van der Waals surface area contributed by atoms with E-state index in [9.17, 15) is 0 Å². The zero-order valence-electron chi connectivity index (χ0n) is 5.52. The Labute approximate surface area is 57.5 Å². The summed E-state index contributed by atoms with van der Waals surface area (Å²) in [7, 11) is 1.66. The zero-order chi connectivity index (χ0) is 7.56. The molecule has 1 aromatic heterocycles. The molecule has 0 saturated heterocycles. The Morgan fingerprint density at radius 1 is 1.60 bits per heavy atom. The van der Waals surface area contributed by atoms with E-state index in [4.69, 9.17) is 11.5 Å². The molecule has 10 heavy (non-hydrogen) atoms. The molecule has 4 N–H and O–H groups in total. The Balaban J connectivity index is 3.03. The van der Waals surface area contributed by atoms with Crippen LogP contribution in [0.2, 0.25) is 0 Å². The van der Waals surface area contributed by atoms with Gasteiger partial charge in [-0.15, -0.1) is 10.2 Å². The van der Waals surface area contributed by atoms with Crippen LogP contribution in [0.4, 0.5) is 11.6 Å². The number of nitrogens with zero attached hydrogens (tertiary/aromatic N) is 4. The first-order valence-corrected chi connectivity index (χ1v) is 2.65.